The lowest BCUT2D eigenvalue weighted by atomic mass is 9.76. The fourth-order valence-corrected chi connectivity index (χ4v) is 5.68. The Labute approximate surface area is 186 Å². The molecule has 2 saturated carbocycles. The molecule has 2 aliphatic carbocycles. The minimum absolute atomic E-state index is 0.251. The number of hydrogen-bond donors (Lipinski definition) is 0. The molecular formula is C28H34O3. The predicted octanol–water partition coefficient (Wildman–Crippen LogP) is 6.78. The molecule has 31 heavy (non-hydrogen) atoms. The molecule has 0 bridgehead atoms. The zero-order valence-electron chi connectivity index (χ0n) is 18.4. The lowest BCUT2D eigenvalue weighted by molar-refractivity contribution is -0.164. The highest BCUT2D eigenvalue weighted by Gasteiger charge is 2.37. The van der Waals surface area contributed by atoms with Crippen LogP contribution in [-0.4, -0.2) is 11.9 Å². The van der Waals surface area contributed by atoms with Crippen molar-refractivity contribution < 1.29 is 14.3 Å². The van der Waals surface area contributed by atoms with E-state index in [2.05, 4.69) is 0 Å². The average molecular weight is 419 g/mol. The molecule has 0 spiro atoms. The van der Waals surface area contributed by atoms with E-state index < -0.39 is 0 Å². The monoisotopic (exact) mass is 418 g/mol. The van der Waals surface area contributed by atoms with E-state index in [0.29, 0.717) is 0 Å². The Kier molecular flexibility index (Phi) is 7.56. The molecule has 0 heterocycles. The summed E-state index contributed by atoms with van der Waals surface area (Å²) in [5, 5.41) is 0. The predicted molar refractivity (Wildman–Crippen MR) is 123 cm³/mol. The largest absolute Gasteiger partial charge is 0.392 e. The van der Waals surface area contributed by atoms with E-state index in [1.807, 2.05) is 60.7 Å². The molecule has 4 rings (SSSR count). The van der Waals surface area contributed by atoms with Crippen LogP contribution in [0.25, 0.3) is 0 Å². The summed E-state index contributed by atoms with van der Waals surface area (Å²) in [7, 11) is 0. The third kappa shape index (κ3) is 5.44. The Morgan fingerprint density at radius 2 is 0.935 bits per heavy atom. The van der Waals surface area contributed by atoms with Crippen LogP contribution < -0.4 is 0 Å². The maximum atomic E-state index is 13.4. The molecule has 0 radical (unpaired) electrons. The minimum atomic E-state index is -0.361. The minimum Gasteiger partial charge on any atom is -0.392 e. The molecule has 3 heteroatoms. The second-order valence-corrected chi connectivity index (χ2v) is 9.31. The van der Waals surface area contributed by atoms with Crippen molar-refractivity contribution in [3.8, 4) is 0 Å². The summed E-state index contributed by atoms with van der Waals surface area (Å²) in [5.41, 5.74) is 1.95. The molecule has 2 aromatic carbocycles. The van der Waals surface area contributed by atoms with Crippen molar-refractivity contribution in [2.75, 3.05) is 0 Å². The molecule has 2 fully saturated rings. The van der Waals surface area contributed by atoms with Crippen LogP contribution in [0.3, 0.4) is 0 Å². The normalized spacial score (nSPS) is 20.0. The van der Waals surface area contributed by atoms with Crippen molar-refractivity contribution in [2.45, 2.75) is 76.0 Å². The Balaban J connectivity index is 1.56. The Morgan fingerprint density at radius 1 is 0.581 bits per heavy atom. The van der Waals surface area contributed by atoms with Gasteiger partial charge in [0.05, 0.1) is 11.8 Å². The van der Waals surface area contributed by atoms with E-state index in [-0.39, 0.29) is 35.6 Å². The first-order valence-electron chi connectivity index (χ1n) is 12.1. The first-order valence-corrected chi connectivity index (χ1v) is 12.1. The second kappa shape index (κ2) is 10.7. The van der Waals surface area contributed by atoms with Crippen LogP contribution in [0.2, 0.25) is 0 Å². The number of hydrogen-bond acceptors (Lipinski definition) is 3. The van der Waals surface area contributed by atoms with E-state index in [1.165, 1.54) is 12.8 Å². The van der Waals surface area contributed by atoms with Crippen molar-refractivity contribution in [1.82, 2.24) is 0 Å². The maximum Gasteiger partial charge on any atom is 0.321 e. The highest BCUT2D eigenvalue weighted by Crippen LogP contribution is 2.39. The third-order valence-corrected chi connectivity index (χ3v) is 7.27. The standard InChI is InChI=1S/C28H34O3/c29-27(25(21-13-5-1-6-14-21)22-15-7-2-8-16-22)31-28(30)26(23-17-9-3-10-18-23)24-19-11-4-12-20-24/h1,3,5-6,9-10,13-14,17-18,22,24-26H,2,4,7-8,11-12,15-16,19-20H2. The summed E-state index contributed by atoms with van der Waals surface area (Å²) < 4.78 is 5.71. The second-order valence-electron chi connectivity index (χ2n) is 9.31. The zero-order valence-corrected chi connectivity index (χ0v) is 18.4. The van der Waals surface area contributed by atoms with Gasteiger partial charge < -0.3 is 4.74 Å². The van der Waals surface area contributed by atoms with Gasteiger partial charge in [-0.15, -0.1) is 0 Å². The number of carbonyl (C=O) groups excluding carboxylic acids is 2. The van der Waals surface area contributed by atoms with Crippen LogP contribution in [0.4, 0.5) is 0 Å². The lowest BCUT2D eigenvalue weighted by Gasteiger charge is -2.31. The van der Waals surface area contributed by atoms with Gasteiger partial charge in [-0.25, -0.2) is 0 Å². The molecule has 2 aromatic rings. The summed E-state index contributed by atoms with van der Waals surface area (Å²) >= 11 is 0. The van der Waals surface area contributed by atoms with Crippen molar-refractivity contribution in [3.63, 3.8) is 0 Å². The van der Waals surface area contributed by atoms with Gasteiger partial charge in [-0.05, 0) is 48.6 Å². The van der Waals surface area contributed by atoms with Crippen LogP contribution in [0.5, 0.6) is 0 Å². The Morgan fingerprint density at radius 3 is 1.29 bits per heavy atom. The summed E-state index contributed by atoms with van der Waals surface area (Å²) in [6, 6.07) is 19.8. The van der Waals surface area contributed by atoms with Gasteiger partial charge in [0.1, 0.15) is 0 Å². The quantitative estimate of drug-likeness (QED) is 0.383. The Bertz CT molecular complexity index is 762. The zero-order chi connectivity index (χ0) is 21.5. The van der Waals surface area contributed by atoms with E-state index in [0.717, 1.165) is 62.5 Å². The molecule has 0 saturated heterocycles. The van der Waals surface area contributed by atoms with Crippen molar-refractivity contribution in [1.29, 1.82) is 0 Å². The smallest absolute Gasteiger partial charge is 0.321 e. The SMILES string of the molecule is O=C(OC(=O)C(c1ccccc1)C1CCCCC1)C(c1ccccc1)C1CCCCC1. The van der Waals surface area contributed by atoms with Gasteiger partial charge in [0.2, 0.25) is 0 Å². The molecule has 2 unspecified atom stereocenters. The van der Waals surface area contributed by atoms with Crippen LogP contribution in [-0.2, 0) is 14.3 Å². The average Bonchev–Trinajstić information content (AvgIpc) is 2.82. The molecule has 0 aromatic heterocycles. The van der Waals surface area contributed by atoms with E-state index in [9.17, 15) is 9.59 Å². The number of carbonyl (C=O) groups is 2. The number of esters is 2. The van der Waals surface area contributed by atoms with Gasteiger partial charge in [-0.1, -0.05) is 99.2 Å². The van der Waals surface area contributed by atoms with Gasteiger partial charge >= 0.3 is 11.9 Å². The fourth-order valence-electron chi connectivity index (χ4n) is 5.68. The van der Waals surface area contributed by atoms with E-state index >= 15 is 0 Å². The first-order chi connectivity index (χ1) is 15.2. The molecule has 2 aliphatic rings. The van der Waals surface area contributed by atoms with Crippen LogP contribution in [0.15, 0.2) is 60.7 Å². The summed E-state index contributed by atoms with van der Waals surface area (Å²) in [5.74, 6) is -0.927. The van der Waals surface area contributed by atoms with Crippen molar-refractivity contribution in [3.05, 3.63) is 71.8 Å². The fraction of sp³-hybridized carbons (Fsp3) is 0.500. The third-order valence-electron chi connectivity index (χ3n) is 7.27. The van der Waals surface area contributed by atoms with Crippen LogP contribution in [0.1, 0.15) is 87.2 Å². The summed E-state index contributed by atoms with van der Waals surface area (Å²) in [6.07, 6.45) is 11.1. The highest BCUT2D eigenvalue weighted by atomic mass is 16.6. The highest BCUT2D eigenvalue weighted by molar-refractivity contribution is 5.92. The molecule has 0 aliphatic heterocycles. The van der Waals surface area contributed by atoms with Crippen LogP contribution in [0, 0.1) is 11.8 Å². The van der Waals surface area contributed by atoms with Gasteiger partial charge in [-0.3, -0.25) is 9.59 Å². The number of rotatable bonds is 6. The van der Waals surface area contributed by atoms with Crippen LogP contribution >= 0.6 is 0 Å². The summed E-state index contributed by atoms with van der Waals surface area (Å²) in [6.45, 7) is 0. The molecule has 0 amide bonds. The number of ether oxygens (including phenoxy) is 1. The van der Waals surface area contributed by atoms with Gasteiger partial charge in [-0.2, -0.15) is 0 Å². The first kappa shape index (κ1) is 21.8. The van der Waals surface area contributed by atoms with Gasteiger partial charge in [0, 0.05) is 0 Å². The van der Waals surface area contributed by atoms with Crippen molar-refractivity contribution >= 4 is 11.9 Å². The lowest BCUT2D eigenvalue weighted by Crippen LogP contribution is -2.32. The van der Waals surface area contributed by atoms with Gasteiger partial charge in [0.15, 0.2) is 0 Å². The Hall–Kier alpha value is -2.42. The summed E-state index contributed by atoms with van der Waals surface area (Å²) in [4.78, 5) is 26.9. The molecule has 2 atom stereocenters. The van der Waals surface area contributed by atoms with Crippen molar-refractivity contribution in [2.24, 2.45) is 11.8 Å². The maximum absolute atomic E-state index is 13.4. The van der Waals surface area contributed by atoms with E-state index in [1.54, 1.807) is 0 Å². The van der Waals surface area contributed by atoms with Gasteiger partial charge in [0.25, 0.3) is 0 Å². The van der Waals surface area contributed by atoms with E-state index in [4.69, 9.17) is 4.74 Å². The molecule has 164 valence electrons. The topological polar surface area (TPSA) is 43.4 Å². The molecule has 3 nitrogen and oxygen atoms in total. The molecule has 0 N–H and O–H groups in total. The number of benzene rings is 2. The molecular weight excluding hydrogens is 384 g/mol.